The number of hydrogen-bond donors (Lipinski definition) is 0. The molecule has 0 aliphatic carbocycles. The predicted molar refractivity (Wildman–Crippen MR) is 138 cm³/mol. The van der Waals surface area contributed by atoms with Crippen LogP contribution in [0.1, 0.15) is 0 Å². The van der Waals surface area contributed by atoms with Gasteiger partial charge in [-0.3, -0.25) is 0 Å². The largest absolute Gasteiger partial charge is 0.489 e. The Morgan fingerprint density at radius 3 is 2.33 bits per heavy atom. The number of aromatic nitrogens is 1. The molecule has 9 heteroatoms. The van der Waals surface area contributed by atoms with Gasteiger partial charge in [-0.25, -0.2) is 12.4 Å². The third-order valence-electron chi connectivity index (χ3n) is 5.08. The van der Waals surface area contributed by atoms with Crippen LogP contribution in [-0.4, -0.2) is 44.5 Å². The van der Waals surface area contributed by atoms with E-state index in [1.807, 2.05) is 49.3 Å². The van der Waals surface area contributed by atoms with Crippen molar-refractivity contribution in [3.63, 3.8) is 0 Å². The normalized spacial score (nSPS) is 11.9. The number of likely N-dealkylation sites (N-methyl/N-ethyl adjacent to an activating group) is 1. The minimum Gasteiger partial charge on any atom is -0.489 e. The lowest BCUT2D eigenvalue weighted by atomic mass is 10.1. The Labute approximate surface area is 211 Å². The van der Waals surface area contributed by atoms with Gasteiger partial charge in [0, 0.05) is 27.0 Å². The molecule has 0 aliphatic rings. The van der Waals surface area contributed by atoms with Crippen LogP contribution in [0.15, 0.2) is 76.1 Å². The minimum absolute atomic E-state index is 0.116. The van der Waals surface area contributed by atoms with Crippen molar-refractivity contribution in [2.45, 2.75) is 4.90 Å². The summed E-state index contributed by atoms with van der Waals surface area (Å²) in [6.07, 6.45) is 0. The molecule has 0 N–H and O–H groups in total. The smallest absolute Gasteiger partial charge is 0.270 e. The van der Waals surface area contributed by atoms with E-state index in [0.717, 1.165) is 0 Å². The second kappa shape index (κ2) is 9.68. The van der Waals surface area contributed by atoms with Gasteiger partial charge in [0.15, 0.2) is 5.75 Å². The second-order valence-corrected chi connectivity index (χ2v) is 11.1. The number of benzene rings is 3. The number of ether oxygens (including phenoxy) is 1. The fourth-order valence-electron chi connectivity index (χ4n) is 3.59. The highest BCUT2D eigenvalue weighted by atomic mass is 79.9. The number of nitrogens with zero attached hydrogens (tertiary/aromatic N) is 2. The maximum absolute atomic E-state index is 14.1. The first-order valence-corrected chi connectivity index (χ1v) is 13.1. The molecule has 1 heterocycles. The van der Waals surface area contributed by atoms with Crippen LogP contribution in [0.25, 0.3) is 22.2 Å². The molecular weight excluding hydrogens is 547 g/mol. The zero-order valence-electron chi connectivity index (χ0n) is 17.9. The first kappa shape index (κ1) is 24.1. The minimum atomic E-state index is -4.08. The molecule has 33 heavy (non-hydrogen) atoms. The van der Waals surface area contributed by atoms with Gasteiger partial charge >= 0.3 is 0 Å². The summed E-state index contributed by atoms with van der Waals surface area (Å²) in [4.78, 5) is 2.10. The molecule has 0 saturated heterocycles. The van der Waals surface area contributed by atoms with Gasteiger partial charge in [-0.2, -0.15) is 0 Å². The molecular formula is C24H21BrCl2N2O3S. The Hall–Kier alpha value is -2.03. The fourth-order valence-corrected chi connectivity index (χ4v) is 6.74. The van der Waals surface area contributed by atoms with E-state index in [9.17, 15) is 8.42 Å². The molecule has 4 rings (SSSR count). The van der Waals surface area contributed by atoms with Crippen molar-refractivity contribution in [2.24, 2.45) is 0 Å². The standard InChI is InChI=1S/C24H21BrCl2N2O3S/c1-28(2)12-13-32-24-18-14-17(26)15-20(27)23(18)29(22(24)16-8-4-3-5-9-16)33(30,31)21-11-7-6-10-19(21)25/h3-11,14-15H,12-13H2,1-2H3. The van der Waals surface area contributed by atoms with E-state index in [2.05, 4.69) is 15.9 Å². The number of halogens is 3. The Morgan fingerprint density at radius 2 is 1.67 bits per heavy atom. The van der Waals surface area contributed by atoms with Crippen molar-refractivity contribution in [1.82, 2.24) is 8.87 Å². The molecule has 0 radical (unpaired) electrons. The Balaban J connectivity index is 2.12. The summed E-state index contributed by atoms with van der Waals surface area (Å²) >= 11 is 16.3. The summed E-state index contributed by atoms with van der Waals surface area (Å²) in [5.74, 6) is 0.415. The lowest BCUT2D eigenvalue weighted by Crippen LogP contribution is -2.20. The van der Waals surface area contributed by atoms with Gasteiger partial charge in [0.05, 0.1) is 10.5 Å². The van der Waals surface area contributed by atoms with Crippen molar-refractivity contribution in [3.05, 3.63) is 81.2 Å². The average Bonchev–Trinajstić information content (AvgIpc) is 3.09. The summed E-state index contributed by atoms with van der Waals surface area (Å²) in [6.45, 7) is 0.997. The van der Waals surface area contributed by atoms with Crippen LogP contribution in [0.4, 0.5) is 0 Å². The number of hydrogen-bond acceptors (Lipinski definition) is 4. The summed E-state index contributed by atoms with van der Waals surface area (Å²) in [7, 11) is -0.198. The Kier molecular flexibility index (Phi) is 7.07. The molecule has 5 nitrogen and oxygen atoms in total. The highest BCUT2D eigenvalue weighted by Gasteiger charge is 2.31. The number of rotatable bonds is 7. The molecule has 0 bridgehead atoms. The lowest BCUT2D eigenvalue weighted by molar-refractivity contribution is 0.264. The van der Waals surface area contributed by atoms with E-state index in [0.29, 0.717) is 50.6 Å². The third kappa shape index (κ3) is 4.66. The molecule has 3 aromatic carbocycles. The molecule has 0 unspecified atom stereocenters. The topological polar surface area (TPSA) is 51.5 Å². The van der Waals surface area contributed by atoms with Crippen LogP contribution >= 0.6 is 39.1 Å². The number of fused-ring (bicyclic) bond motifs is 1. The fraction of sp³-hybridized carbons (Fsp3) is 0.167. The highest BCUT2D eigenvalue weighted by molar-refractivity contribution is 9.10. The first-order chi connectivity index (χ1) is 15.7. The van der Waals surface area contributed by atoms with Crippen LogP contribution in [0.3, 0.4) is 0 Å². The maximum atomic E-state index is 14.1. The summed E-state index contributed by atoms with van der Waals surface area (Å²) < 4.78 is 36.1. The third-order valence-corrected chi connectivity index (χ3v) is 8.30. The van der Waals surface area contributed by atoms with Gasteiger partial charge in [0.1, 0.15) is 17.2 Å². The SMILES string of the molecule is CN(C)CCOc1c(-c2ccccc2)n(S(=O)(=O)c2ccccc2Br)c2c(Cl)cc(Cl)cc12. The van der Waals surface area contributed by atoms with E-state index in [1.165, 1.54) is 10.0 Å². The molecule has 0 atom stereocenters. The van der Waals surface area contributed by atoms with Gasteiger partial charge in [-0.15, -0.1) is 0 Å². The van der Waals surface area contributed by atoms with Crippen molar-refractivity contribution in [1.29, 1.82) is 0 Å². The molecule has 0 amide bonds. The van der Waals surface area contributed by atoms with E-state index >= 15 is 0 Å². The van der Waals surface area contributed by atoms with Crippen molar-refractivity contribution in [2.75, 3.05) is 27.2 Å². The summed E-state index contributed by atoms with van der Waals surface area (Å²) in [6, 6.07) is 19.2. The quantitative estimate of drug-likeness (QED) is 0.254. The van der Waals surface area contributed by atoms with E-state index in [-0.39, 0.29) is 9.92 Å². The van der Waals surface area contributed by atoms with Gasteiger partial charge in [-0.05, 0) is 54.3 Å². The maximum Gasteiger partial charge on any atom is 0.270 e. The van der Waals surface area contributed by atoms with Crippen molar-refractivity contribution < 1.29 is 13.2 Å². The van der Waals surface area contributed by atoms with Crippen LogP contribution in [0.2, 0.25) is 10.0 Å². The predicted octanol–water partition coefficient (Wildman–Crippen LogP) is 6.56. The first-order valence-electron chi connectivity index (χ1n) is 10.1. The summed E-state index contributed by atoms with van der Waals surface area (Å²) in [5, 5.41) is 1.13. The molecule has 0 aliphatic heterocycles. The molecule has 4 aromatic rings. The van der Waals surface area contributed by atoms with Crippen LogP contribution in [-0.2, 0) is 10.0 Å². The summed E-state index contributed by atoms with van der Waals surface area (Å²) in [5.41, 5.74) is 1.39. The average molecular weight is 568 g/mol. The van der Waals surface area contributed by atoms with Crippen molar-refractivity contribution >= 4 is 60.1 Å². The molecule has 0 saturated carbocycles. The van der Waals surface area contributed by atoms with E-state index in [1.54, 1.807) is 30.3 Å². The van der Waals surface area contributed by atoms with Gasteiger partial charge < -0.3 is 9.64 Å². The van der Waals surface area contributed by atoms with E-state index < -0.39 is 10.0 Å². The molecule has 1 aromatic heterocycles. The van der Waals surface area contributed by atoms with Crippen molar-refractivity contribution in [3.8, 4) is 17.0 Å². The molecule has 0 spiro atoms. The van der Waals surface area contributed by atoms with Crippen LogP contribution in [0.5, 0.6) is 5.75 Å². The van der Waals surface area contributed by atoms with Crippen LogP contribution < -0.4 is 4.74 Å². The molecule has 0 fully saturated rings. The second-order valence-electron chi connectivity index (χ2n) is 7.68. The van der Waals surface area contributed by atoms with Gasteiger partial charge in [0.2, 0.25) is 0 Å². The zero-order valence-corrected chi connectivity index (χ0v) is 21.8. The zero-order chi connectivity index (χ0) is 23.8. The monoisotopic (exact) mass is 566 g/mol. The molecule has 172 valence electrons. The van der Waals surface area contributed by atoms with Gasteiger partial charge in [-0.1, -0.05) is 65.7 Å². The Morgan fingerprint density at radius 1 is 1.00 bits per heavy atom. The highest BCUT2D eigenvalue weighted by Crippen LogP contribution is 2.46. The Bertz CT molecular complexity index is 1420. The van der Waals surface area contributed by atoms with E-state index in [4.69, 9.17) is 27.9 Å². The lowest BCUT2D eigenvalue weighted by Gasteiger charge is -2.15. The van der Waals surface area contributed by atoms with Gasteiger partial charge in [0.25, 0.3) is 10.0 Å². The van der Waals surface area contributed by atoms with Crippen LogP contribution in [0, 0.1) is 0 Å².